The van der Waals surface area contributed by atoms with Gasteiger partial charge in [0.05, 0.1) is 0 Å². The van der Waals surface area contributed by atoms with Crippen molar-refractivity contribution in [2.24, 2.45) is 16.6 Å². The molecule has 2 nitrogen and oxygen atoms in total. The maximum absolute atomic E-state index is 14.2. The zero-order valence-corrected chi connectivity index (χ0v) is 19.6. The number of allylic oxidation sites excluding steroid dienone is 2. The third-order valence-electron chi connectivity index (χ3n) is 5.58. The van der Waals surface area contributed by atoms with Crippen LogP contribution in [0.15, 0.2) is 47.1 Å². The van der Waals surface area contributed by atoms with Crippen molar-refractivity contribution in [1.29, 1.82) is 0 Å². The molecule has 1 aromatic rings. The predicted octanol–water partition coefficient (Wildman–Crippen LogP) is 7.57. The summed E-state index contributed by atoms with van der Waals surface area (Å²) in [4.78, 5) is 4.60. The Morgan fingerprint density at radius 2 is 1.90 bits per heavy atom. The van der Waals surface area contributed by atoms with Crippen molar-refractivity contribution in [1.82, 2.24) is 0 Å². The standard InChI is InChI=1S/C27H43FN2/c1-5-7-11-23(16-17-30-21-25(20-29)10-6-2)12-8-9-13-24-14-15-26(18-22(3)4)27(28)19-24/h14-15,19-21,23H,3,5-13,16-18,29H2,1-2,4H3/b25-20-,30-21-. The van der Waals surface area contributed by atoms with E-state index in [0.29, 0.717) is 6.42 Å². The number of nitrogens with zero attached hydrogens (tertiary/aromatic N) is 1. The Morgan fingerprint density at radius 1 is 1.13 bits per heavy atom. The minimum Gasteiger partial charge on any atom is -0.404 e. The summed E-state index contributed by atoms with van der Waals surface area (Å²) in [5.74, 6) is 0.636. The zero-order valence-electron chi connectivity index (χ0n) is 19.6. The Morgan fingerprint density at radius 3 is 2.53 bits per heavy atom. The number of hydrogen-bond donors (Lipinski definition) is 1. The summed E-state index contributed by atoms with van der Waals surface area (Å²) in [7, 11) is 0. The Hall–Kier alpha value is -1.90. The summed E-state index contributed by atoms with van der Waals surface area (Å²) in [6.07, 6.45) is 15.8. The highest BCUT2D eigenvalue weighted by Crippen LogP contribution is 2.21. The first-order chi connectivity index (χ1) is 14.5. The molecule has 1 atom stereocenters. The maximum atomic E-state index is 14.2. The normalized spacial score (nSPS) is 13.1. The van der Waals surface area contributed by atoms with Gasteiger partial charge >= 0.3 is 0 Å². The van der Waals surface area contributed by atoms with Gasteiger partial charge in [0, 0.05) is 12.8 Å². The minimum absolute atomic E-state index is 0.0943. The largest absolute Gasteiger partial charge is 0.404 e. The molecule has 0 aromatic heterocycles. The third kappa shape index (κ3) is 11.3. The van der Waals surface area contributed by atoms with E-state index >= 15 is 0 Å². The zero-order chi connectivity index (χ0) is 22.2. The van der Waals surface area contributed by atoms with E-state index in [-0.39, 0.29) is 5.82 Å². The minimum atomic E-state index is -0.0943. The fourth-order valence-corrected chi connectivity index (χ4v) is 3.82. The molecule has 30 heavy (non-hydrogen) atoms. The fraction of sp³-hybridized carbons (Fsp3) is 0.593. The van der Waals surface area contributed by atoms with Gasteiger partial charge in [0.15, 0.2) is 0 Å². The number of unbranched alkanes of at least 4 members (excludes halogenated alkanes) is 2. The first-order valence-electron chi connectivity index (χ1n) is 11.8. The van der Waals surface area contributed by atoms with E-state index in [9.17, 15) is 4.39 Å². The second kappa shape index (κ2) is 15.9. The number of halogens is 1. The van der Waals surface area contributed by atoms with Gasteiger partial charge in [0.25, 0.3) is 0 Å². The lowest BCUT2D eigenvalue weighted by Crippen LogP contribution is -2.04. The van der Waals surface area contributed by atoms with Crippen LogP contribution in [0.5, 0.6) is 0 Å². The van der Waals surface area contributed by atoms with Crippen LogP contribution < -0.4 is 5.73 Å². The van der Waals surface area contributed by atoms with Crippen molar-refractivity contribution in [3.8, 4) is 0 Å². The van der Waals surface area contributed by atoms with E-state index < -0.39 is 0 Å². The number of benzene rings is 1. The smallest absolute Gasteiger partial charge is 0.126 e. The average molecular weight is 415 g/mol. The Kier molecular flexibility index (Phi) is 13.8. The number of hydrogen-bond acceptors (Lipinski definition) is 2. The molecule has 0 aliphatic heterocycles. The summed E-state index contributed by atoms with van der Waals surface area (Å²) in [5.41, 5.74) is 9.62. The van der Waals surface area contributed by atoms with Crippen LogP contribution in [-0.4, -0.2) is 12.8 Å². The molecule has 0 aliphatic rings. The molecule has 0 amide bonds. The average Bonchev–Trinajstić information content (AvgIpc) is 2.72. The van der Waals surface area contributed by atoms with E-state index in [1.54, 1.807) is 12.3 Å². The van der Waals surface area contributed by atoms with Crippen molar-refractivity contribution >= 4 is 6.21 Å². The van der Waals surface area contributed by atoms with Crippen LogP contribution in [0.3, 0.4) is 0 Å². The number of nitrogens with two attached hydrogens (primary N) is 1. The van der Waals surface area contributed by atoms with Gasteiger partial charge in [0.1, 0.15) is 5.82 Å². The van der Waals surface area contributed by atoms with Gasteiger partial charge in [-0.25, -0.2) is 4.39 Å². The highest BCUT2D eigenvalue weighted by molar-refractivity contribution is 5.78. The summed E-state index contributed by atoms with van der Waals surface area (Å²) in [6.45, 7) is 11.1. The second-order valence-corrected chi connectivity index (χ2v) is 8.63. The van der Waals surface area contributed by atoms with Crippen LogP contribution in [0, 0.1) is 11.7 Å². The number of aryl methyl sites for hydroxylation is 1. The van der Waals surface area contributed by atoms with E-state index in [4.69, 9.17) is 5.73 Å². The van der Waals surface area contributed by atoms with Gasteiger partial charge in [-0.2, -0.15) is 0 Å². The van der Waals surface area contributed by atoms with Crippen molar-refractivity contribution in [2.45, 2.75) is 91.4 Å². The van der Waals surface area contributed by atoms with Crippen LogP contribution in [0.2, 0.25) is 0 Å². The van der Waals surface area contributed by atoms with E-state index in [1.807, 2.05) is 19.2 Å². The fourth-order valence-electron chi connectivity index (χ4n) is 3.82. The molecule has 0 spiro atoms. The van der Waals surface area contributed by atoms with E-state index in [0.717, 1.165) is 66.8 Å². The van der Waals surface area contributed by atoms with Crippen molar-refractivity contribution < 1.29 is 4.39 Å². The lowest BCUT2D eigenvalue weighted by Gasteiger charge is -2.15. The van der Waals surface area contributed by atoms with Gasteiger partial charge in [-0.1, -0.05) is 76.7 Å². The number of rotatable bonds is 16. The summed E-state index contributed by atoms with van der Waals surface area (Å²) in [5, 5.41) is 0. The molecule has 1 aromatic carbocycles. The van der Waals surface area contributed by atoms with Gasteiger partial charge < -0.3 is 5.73 Å². The molecule has 0 fully saturated rings. The van der Waals surface area contributed by atoms with Gasteiger partial charge in [-0.3, -0.25) is 4.99 Å². The van der Waals surface area contributed by atoms with Gasteiger partial charge in [-0.05, 0) is 73.9 Å². The molecule has 1 rings (SSSR count). The maximum Gasteiger partial charge on any atom is 0.126 e. The lowest BCUT2D eigenvalue weighted by molar-refractivity contribution is 0.396. The molecule has 0 saturated carbocycles. The number of aliphatic imine (C=N–C) groups is 1. The van der Waals surface area contributed by atoms with E-state index in [1.165, 1.54) is 32.1 Å². The molecule has 168 valence electrons. The monoisotopic (exact) mass is 414 g/mol. The van der Waals surface area contributed by atoms with Crippen LogP contribution in [0.1, 0.15) is 89.7 Å². The molecule has 3 heteroatoms. The summed E-state index contributed by atoms with van der Waals surface area (Å²) >= 11 is 0. The summed E-state index contributed by atoms with van der Waals surface area (Å²) < 4.78 is 14.2. The summed E-state index contributed by atoms with van der Waals surface area (Å²) in [6, 6.07) is 5.70. The first kappa shape index (κ1) is 26.1. The van der Waals surface area contributed by atoms with Crippen LogP contribution in [-0.2, 0) is 12.8 Å². The second-order valence-electron chi connectivity index (χ2n) is 8.63. The van der Waals surface area contributed by atoms with Crippen LogP contribution in [0.4, 0.5) is 4.39 Å². The Balaban J connectivity index is 2.42. The van der Waals surface area contributed by atoms with Gasteiger partial charge in [-0.15, -0.1) is 0 Å². The molecule has 0 saturated heterocycles. The molecule has 0 aliphatic carbocycles. The molecular formula is C27H43FN2. The molecule has 2 N–H and O–H groups in total. The Labute approximate surface area is 184 Å². The van der Waals surface area contributed by atoms with Crippen LogP contribution in [0.25, 0.3) is 0 Å². The first-order valence-corrected chi connectivity index (χ1v) is 11.8. The highest BCUT2D eigenvalue weighted by Gasteiger charge is 2.09. The quantitative estimate of drug-likeness (QED) is 0.169. The molecule has 1 unspecified atom stereocenters. The molecule has 0 radical (unpaired) electrons. The predicted molar refractivity (Wildman–Crippen MR) is 131 cm³/mol. The SMILES string of the molecule is C=C(C)Cc1ccc(CCCCC(CCCC)CC/N=C\C(=C/N)CCC)cc1F. The Bertz CT molecular complexity index is 675. The van der Waals surface area contributed by atoms with Crippen LogP contribution >= 0.6 is 0 Å². The van der Waals surface area contributed by atoms with Crippen molar-refractivity contribution in [3.05, 3.63) is 59.1 Å². The van der Waals surface area contributed by atoms with Crippen molar-refractivity contribution in [3.63, 3.8) is 0 Å². The topological polar surface area (TPSA) is 38.4 Å². The highest BCUT2D eigenvalue weighted by atomic mass is 19.1. The van der Waals surface area contributed by atoms with Gasteiger partial charge in [0.2, 0.25) is 0 Å². The molecule has 0 bridgehead atoms. The van der Waals surface area contributed by atoms with E-state index in [2.05, 4.69) is 31.5 Å². The molecular weight excluding hydrogens is 371 g/mol. The lowest BCUT2D eigenvalue weighted by atomic mass is 9.92. The third-order valence-corrected chi connectivity index (χ3v) is 5.58. The van der Waals surface area contributed by atoms with Crippen molar-refractivity contribution in [2.75, 3.05) is 6.54 Å². The molecule has 0 heterocycles.